The minimum atomic E-state index is -0.640. The van der Waals surface area contributed by atoms with Crippen molar-refractivity contribution in [2.45, 2.75) is 44.2 Å². The van der Waals surface area contributed by atoms with E-state index < -0.39 is 6.04 Å². The molecule has 1 aromatic heterocycles. The molecule has 3 rings (SSSR count). The number of nitrogens with one attached hydrogen (secondary N) is 3. The van der Waals surface area contributed by atoms with Crippen molar-refractivity contribution in [2.24, 2.45) is 11.7 Å². The van der Waals surface area contributed by atoms with Crippen LogP contribution in [0.15, 0.2) is 29.1 Å². The van der Waals surface area contributed by atoms with E-state index in [4.69, 9.17) is 10.5 Å². The fraction of sp³-hybridized carbons (Fsp3) is 0.522. The summed E-state index contributed by atoms with van der Waals surface area (Å²) < 4.78 is 19.6. The standard InChI is InChI=1S/C23H32FN5O3S/c1-26-23(31)21(16-4-5-16)27-9-10-32-20-11-17(24)7-6-15(20)3-2-8-28-22(30)19(25)12-18-13-33-14-29-18/h6-7,11,13-14,16,19,21,27H,2-5,8-10,12,25H2,1H3,(H,26,31)(H,28,30). The van der Waals surface area contributed by atoms with Crippen LogP contribution in [0.4, 0.5) is 4.39 Å². The molecule has 0 saturated heterocycles. The van der Waals surface area contributed by atoms with Gasteiger partial charge in [-0.2, -0.15) is 0 Å². The lowest BCUT2D eigenvalue weighted by molar-refractivity contribution is -0.123. The number of rotatable bonds is 14. The Morgan fingerprint density at radius 3 is 2.82 bits per heavy atom. The van der Waals surface area contributed by atoms with E-state index in [1.807, 2.05) is 5.38 Å². The predicted octanol–water partition coefficient (Wildman–Crippen LogP) is 1.39. The molecule has 0 radical (unpaired) electrons. The van der Waals surface area contributed by atoms with Crippen LogP contribution < -0.4 is 26.4 Å². The summed E-state index contributed by atoms with van der Waals surface area (Å²) in [5.41, 5.74) is 9.33. The second-order valence-corrected chi connectivity index (χ2v) is 8.89. The van der Waals surface area contributed by atoms with Gasteiger partial charge in [-0.1, -0.05) is 6.07 Å². The molecule has 0 spiro atoms. The number of carbonyl (C=O) groups is 2. The summed E-state index contributed by atoms with van der Waals surface area (Å²) in [7, 11) is 1.63. The maximum Gasteiger partial charge on any atom is 0.237 e. The largest absolute Gasteiger partial charge is 0.492 e. The van der Waals surface area contributed by atoms with Gasteiger partial charge in [0, 0.05) is 38.0 Å². The molecule has 1 aliphatic rings. The van der Waals surface area contributed by atoms with Gasteiger partial charge in [0.2, 0.25) is 11.8 Å². The van der Waals surface area contributed by atoms with Crippen LogP contribution in [0.3, 0.4) is 0 Å². The molecule has 180 valence electrons. The first-order valence-electron chi connectivity index (χ1n) is 11.2. The number of hydrogen-bond donors (Lipinski definition) is 4. The van der Waals surface area contributed by atoms with Crippen molar-refractivity contribution in [3.05, 3.63) is 46.2 Å². The maximum atomic E-state index is 13.8. The number of likely N-dealkylation sites (N-methyl/N-ethyl adjacent to an activating group) is 1. The molecule has 8 nitrogen and oxygen atoms in total. The Bertz CT molecular complexity index is 908. The molecule has 1 aromatic carbocycles. The van der Waals surface area contributed by atoms with Gasteiger partial charge in [0.05, 0.1) is 23.3 Å². The molecule has 0 aliphatic heterocycles. The maximum absolute atomic E-state index is 13.8. The van der Waals surface area contributed by atoms with E-state index >= 15 is 0 Å². The number of thiazole rings is 1. The quantitative estimate of drug-likeness (QED) is 0.306. The molecule has 2 amide bonds. The van der Waals surface area contributed by atoms with E-state index in [1.54, 1.807) is 18.6 Å². The van der Waals surface area contributed by atoms with Gasteiger partial charge < -0.3 is 26.4 Å². The van der Waals surface area contributed by atoms with Crippen molar-refractivity contribution >= 4 is 23.2 Å². The van der Waals surface area contributed by atoms with Crippen LogP contribution in [0.2, 0.25) is 0 Å². The molecule has 1 aliphatic carbocycles. The molecule has 1 saturated carbocycles. The van der Waals surface area contributed by atoms with E-state index in [0.717, 1.165) is 24.1 Å². The van der Waals surface area contributed by atoms with Gasteiger partial charge in [-0.05, 0) is 43.2 Å². The fourth-order valence-electron chi connectivity index (χ4n) is 3.58. The van der Waals surface area contributed by atoms with E-state index in [0.29, 0.717) is 50.6 Å². The molecule has 33 heavy (non-hydrogen) atoms. The number of ether oxygens (including phenoxy) is 1. The lowest BCUT2D eigenvalue weighted by Crippen LogP contribution is -2.45. The Hall–Kier alpha value is -2.56. The van der Waals surface area contributed by atoms with Crippen molar-refractivity contribution in [1.82, 2.24) is 20.9 Å². The normalized spacial score (nSPS) is 15.0. The second kappa shape index (κ2) is 12.6. The van der Waals surface area contributed by atoms with Crippen molar-refractivity contribution in [3.63, 3.8) is 0 Å². The molecule has 10 heteroatoms. The van der Waals surface area contributed by atoms with Crippen LogP contribution >= 0.6 is 11.3 Å². The molecular weight excluding hydrogens is 445 g/mol. The monoisotopic (exact) mass is 477 g/mol. The molecule has 2 aromatic rings. The van der Waals surface area contributed by atoms with Gasteiger partial charge >= 0.3 is 0 Å². The number of aryl methyl sites for hydroxylation is 1. The third-order valence-corrected chi connectivity index (χ3v) is 6.18. The smallest absolute Gasteiger partial charge is 0.237 e. The second-order valence-electron chi connectivity index (χ2n) is 8.17. The SMILES string of the molecule is CNC(=O)C(NCCOc1cc(F)ccc1CCCNC(=O)C(N)Cc1cscn1)C1CC1. The van der Waals surface area contributed by atoms with Crippen LogP contribution in [-0.4, -0.2) is 55.6 Å². The molecule has 5 N–H and O–H groups in total. The molecule has 2 atom stereocenters. The minimum Gasteiger partial charge on any atom is -0.492 e. The van der Waals surface area contributed by atoms with Crippen LogP contribution in [0, 0.1) is 11.7 Å². The zero-order chi connectivity index (χ0) is 23.6. The number of aromatic nitrogens is 1. The Kier molecular flexibility index (Phi) is 9.59. The number of carbonyl (C=O) groups excluding carboxylic acids is 2. The van der Waals surface area contributed by atoms with Gasteiger partial charge in [0.1, 0.15) is 18.2 Å². The summed E-state index contributed by atoms with van der Waals surface area (Å²) in [6.45, 7) is 1.26. The summed E-state index contributed by atoms with van der Waals surface area (Å²) in [4.78, 5) is 28.3. The van der Waals surface area contributed by atoms with Crippen LogP contribution in [-0.2, 0) is 22.4 Å². The van der Waals surface area contributed by atoms with E-state index in [2.05, 4.69) is 20.9 Å². The number of hydrogen-bond acceptors (Lipinski definition) is 7. The Labute approximate surface area is 197 Å². The summed E-state index contributed by atoms with van der Waals surface area (Å²) in [6.07, 6.45) is 3.78. The van der Waals surface area contributed by atoms with Crippen molar-refractivity contribution < 1.29 is 18.7 Å². The Morgan fingerprint density at radius 2 is 2.12 bits per heavy atom. The Morgan fingerprint density at radius 1 is 1.30 bits per heavy atom. The van der Waals surface area contributed by atoms with Crippen LogP contribution in [0.25, 0.3) is 0 Å². The summed E-state index contributed by atoms with van der Waals surface area (Å²) >= 11 is 1.47. The van der Waals surface area contributed by atoms with Gasteiger partial charge in [-0.25, -0.2) is 9.37 Å². The molecule has 1 heterocycles. The number of halogens is 1. The van der Waals surface area contributed by atoms with Crippen molar-refractivity contribution in [3.8, 4) is 5.75 Å². The molecule has 0 bridgehead atoms. The predicted molar refractivity (Wildman–Crippen MR) is 126 cm³/mol. The zero-order valence-electron chi connectivity index (χ0n) is 18.8. The third-order valence-electron chi connectivity index (χ3n) is 5.55. The molecule has 2 unspecified atom stereocenters. The van der Waals surface area contributed by atoms with E-state index in [-0.39, 0.29) is 23.7 Å². The highest BCUT2D eigenvalue weighted by Gasteiger charge is 2.35. The van der Waals surface area contributed by atoms with E-state index in [1.165, 1.54) is 23.5 Å². The lowest BCUT2D eigenvalue weighted by atomic mass is 10.1. The molecule has 1 fully saturated rings. The first kappa shape index (κ1) is 25.1. The van der Waals surface area contributed by atoms with Crippen LogP contribution in [0.5, 0.6) is 5.75 Å². The highest BCUT2D eigenvalue weighted by atomic mass is 32.1. The summed E-state index contributed by atoms with van der Waals surface area (Å²) in [5.74, 6) is 0.248. The highest BCUT2D eigenvalue weighted by Crippen LogP contribution is 2.32. The van der Waals surface area contributed by atoms with Crippen molar-refractivity contribution in [2.75, 3.05) is 26.7 Å². The number of amides is 2. The highest BCUT2D eigenvalue weighted by molar-refractivity contribution is 7.07. The number of nitrogens with zero attached hydrogens (tertiary/aromatic N) is 1. The lowest BCUT2D eigenvalue weighted by Gasteiger charge is -2.17. The summed E-state index contributed by atoms with van der Waals surface area (Å²) in [5, 5.41) is 10.6. The topological polar surface area (TPSA) is 118 Å². The number of benzene rings is 1. The zero-order valence-corrected chi connectivity index (χ0v) is 19.6. The van der Waals surface area contributed by atoms with Gasteiger partial charge in [0.25, 0.3) is 0 Å². The molecular formula is C23H32FN5O3S. The van der Waals surface area contributed by atoms with Gasteiger partial charge in [-0.3, -0.25) is 9.59 Å². The van der Waals surface area contributed by atoms with Gasteiger partial charge in [-0.15, -0.1) is 11.3 Å². The first-order valence-corrected chi connectivity index (χ1v) is 12.2. The number of nitrogens with two attached hydrogens (primary N) is 1. The van der Waals surface area contributed by atoms with E-state index in [9.17, 15) is 14.0 Å². The summed E-state index contributed by atoms with van der Waals surface area (Å²) in [6, 6.07) is 3.62. The minimum absolute atomic E-state index is 0.0164. The third kappa shape index (κ3) is 8.06. The first-order chi connectivity index (χ1) is 16.0. The average molecular weight is 478 g/mol. The van der Waals surface area contributed by atoms with Crippen LogP contribution in [0.1, 0.15) is 30.5 Å². The van der Waals surface area contributed by atoms with Crippen molar-refractivity contribution in [1.29, 1.82) is 0 Å². The van der Waals surface area contributed by atoms with Gasteiger partial charge in [0.15, 0.2) is 0 Å². The Balaban J connectivity index is 1.40. The fourth-order valence-corrected chi connectivity index (χ4v) is 4.15. The average Bonchev–Trinajstić information content (AvgIpc) is 3.52.